The van der Waals surface area contributed by atoms with Crippen LogP contribution in [0.3, 0.4) is 0 Å². The largest absolute Gasteiger partial charge is 0.480 e. The minimum Gasteiger partial charge on any atom is -0.480 e. The van der Waals surface area contributed by atoms with Gasteiger partial charge in [0.15, 0.2) is 12.3 Å². The number of piperidine rings is 2. The Kier molecular flexibility index (Phi) is 10.1. The third kappa shape index (κ3) is 7.22. The SMILES string of the molecule is C[C@H]1CN(c2cc(Nc3ccc4c(c3)c3c(c(=O)n4C)OCC(F)(F)[C@H](C4CC4)N3)n3ncc(C#N)c3n2)CC[C@H]1CN1CCN(c2cccc3c(C4CCC(=O)NC4=O)nn(C)c23)CC1. The molecule has 4 atom stereocenters. The first-order valence-corrected chi connectivity index (χ1v) is 22.9. The first-order chi connectivity index (χ1) is 31.8. The van der Waals surface area contributed by atoms with Gasteiger partial charge in [-0.1, -0.05) is 19.1 Å². The van der Waals surface area contributed by atoms with E-state index in [1.54, 1.807) is 17.6 Å². The Morgan fingerprint density at radius 1 is 0.985 bits per heavy atom. The van der Waals surface area contributed by atoms with Crippen LogP contribution in [0.4, 0.5) is 37.5 Å². The predicted molar refractivity (Wildman–Crippen MR) is 245 cm³/mol. The molecule has 1 aliphatic carbocycles. The fourth-order valence-electron chi connectivity index (χ4n) is 10.7. The molecule has 4 aliphatic heterocycles. The quantitative estimate of drug-likeness (QED) is 0.172. The average molecular weight is 900 g/mol. The van der Waals surface area contributed by atoms with Crippen LogP contribution in [0.5, 0.6) is 5.75 Å². The predicted octanol–water partition coefficient (Wildman–Crippen LogP) is 5.11. The molecule has 17 nitrogen and oxygen atoms in total. The Balaban J connectivity index is 0.791. The lowest BCUT2D eigenvalue weighted by Crippen LogP contribution is -2.50. The van der Waals surface area contributed by atoms with Crippen LogP contribution in [0.2, 0.25) is 0 Å². The fraction of sp³-hybridized carbons (Fsp3) is 0.468. The number of rotatable bonds is 8. The highest BCUT2D eigenvalue weighted by atomic mass is 19.3. The molecule has 1 unspecified atom stereocenters. The van der Waals surface area contributed by atoms with Crippen LogP contribution in [-0.2, 0) is 23.7 Å². The number of aryl methyl sites for hydroxylation is 2. The number of nitrogens with one attached hydrogen (secondary N) is 3. The summed E-state index contributed by atoms with van der Waals surface area (Å²) in [5.41, 5.74) is 4.54. The number of halogens is 2. The van der Waals surface area contributed by atoms with Crippen molar-refractivity contribution >= 4 is 68.0 Å². The van der Waals surface area contributed by atoms with Crippen LogP contribution in [-0.4, -0.2) is 110 Å². The number of carbonyl (C=O) groups is 2. The van der Waals surface area contributed by atoms with E-state index in [1.165, 1.54) is 10.8 Å². The van der Waals surface area contributed by atoms with E-state index in [1.807, 2.05) is 42.1 Å². The van der Waals surface area contributed by atoms with Crippen molar-refractivity contribution in [2.24, 2.45) is 31.8 Å². The van der Waals surface area contributed by atoms with Gasteiger partial charge in [0.2, 0.25) is 17.6 Å². The highest BCUT2D eigenvalue weighted by Gasteiger charge is 2.51. The van der Waals surface area contributed by atoms with E-state index < -0.39 is 30.0 Å². The highest BCUT2D eigenvalue weighted by Crippen LogP contribution is 2.46. The number of nitriles is 1. The molecule has 66 heavy (non-hydrogen) atoms. The normalized spacial score (nSPS) is 23.6. The Morgan fingerprint density at radius 2 is 1.80 bits per heavy atom. The Bertz CT molecular complexity index is 3050. The van der Waals surface area contributed by atoms with Crippen LogP contribution < -0.4 is 36.0 Å². The van der Waals surface area contributed by atoms with E-state index in [0.717, 1.165) is 74.5 Å². The molecule has 1 saturated carbocycles. The summed E-state index contributed by atoms with van der Waals surface area (Å²) in [6.07, 6.45) is 4.60. The molecule has 19 heteroatoms. The summed E-state index contributed by atoms with van der Waals surface area (Å²) < 4.78 is 41.1. The van der Waals surface area contributed by atoms with Crippen LogP contribution in [0.15, 0.2) is 53.5 Å². The average Bonchev–Trinajstić information content (AvgIpc) is 4.00. The molecule has 0 spiro atoms. The summed E-state index contributed by atoms with van der Waals surface area (Å²) in [4.78, 5) is 50.2. The molecule has 3 N–H and O–H groups in total. The molecule has 11 rings (SSSR count). The van der Waals surface area contributed by atoms with Crippen molar-refractivity contribution in [3.8, 4) is 11.8 Å². The standard InChI is InChI=1S/C47H51F2N13O4/c1-26-23-61(14-13-28(26)24-59-15-17-60(18-16-59)35-6-4-5-31-39(56-58(3)41(31)35)32-10-12-38(63)54-45(32)64)36-20-37(62-44(53-36)29(21-50)22-51-62)52-30-9-11-34-33(19-30)40-42(46(65)57(34)2)66-25-47(48,49)43(55-40)27-7-8-27/h4-6,9,11,19-20,22,26-28,32,43,52,55H,7-8,10,12-18,23-25H2,1-3H3,(H,54,63,64)/t26-,28-,32?,43-/m0/s1. The number of ether oxygens (including phenoxy) is 1. The van der Waals surface area contributed by atoms with Gasteiger partial charge in [-0.2, -0.15) is 20.0 Å². The molecule has 2 amide bonds. The number of alkyl halides is 2. The number of pyridine rings is 1. The van der Waals surface area contributed by atoms with Crippen molar-refractivity contribution in [2.75, 3.05) is 72.9 Å². The van der Waals surface area contributed by atoms with E-state index in [4.69, 9.17) is 14.8 Å². The van der Waals surface area contributed by atoms with Gasteiger partial charge < -0.3 is 29.7 Å². The summed E-state index contributed by atoms with van der Waals surface area (Å²) in [6.45, 7) is 7.49. The molecule has 0 radical (unpaired) electrons. The molecular weight excluding hydrogens is 849 g/mol. The third-order valence-corrected chi connectivity index (χ3v) is 14.5. The second-order valence-corrected chi connectivity index (χ2v) is 18.8. The van der Waals surface area contributed by atoms with Gasteiger partial charge in [0.25, 0.3) is 5.56 Å². The molecule has 2 aromatic carbocycles. The van der Waals surface area contributed by atoms with Gasteiger partial charge in [-0.3, -0.25) is 29.3 Å². The molecule has 4 fully saturated rings. The highest BCUT2D eigenvalue weighted by molar-refractivity contribution is 6.04. The van der Waals surface area contributed by atoms with Crippen molar-refractivity contribution in [1.82, 2.24) is 39.2 Å². The topological polar surface area (TPSA) is 183 Å². The number of aromatic nitrogens is 6. The zero-order chi connectivity index (χ0) is 45.6. The summed E-state index contributed by atoms with van der Waals surface area (Å²) in [6, 6.07) is 14.6. The number of imide groups is 1. The fourth-order valence-corrected chi connectivity index (χ4v) is 10.7. The van der Waals surface area contributed by atoms with E-state index in [9.17, 15) is 19.6 Å². The van der Waals surface area contributed by atoms with Crippen molar-refractivity contribution < 1.29 is 23.1 Å². The van der Waals surface area contributed by atoms with Crippen LogP contribution >= 0.6 is 0 Å². The van der Waals surface area contributed by atoms with Gasteiger partial charge >= 0.3 is 5.92 Å². The number of carbonyl (C=O) groups excluding carboxylic acids is 2. The zero-order valence-electron chi connectivity index (χ0n) is 37.1. The molecule has 4 aromatic heterocycles. The molecule has 6 aromatic rings. The van der Waals surface area contributed by atoms with E-state index in [2.05, 4.69) is 54.8 Å². The second-order valence-electron chi connectivity index (χ2n) is 18.8. The lowest BCUT2D eigenvalue weighted by atomic mass is 9.86. The third-order valence-electron chi connectivity index (χ3n) is 14.5. The Labute approximate surface area is 378 Å². The first kappa shape index (κ1) is 41.9. The van der Waals surface area contributed by atoms with Gasteiger partial charge in [-0.25, -0.2) is 13.8 Å². The number of nitrogens with zero attached hydrogens (tertiary/aromatic N) is 10. The maximum Gasteiger partial charge on any atom is 0.301 e. The van der Waals surface area contributed by atoms with Crippen LogP contribution in [0, 0.1) is 29.1 Å². The minimum atomic E-state index is -3.15. The van der Waals surface area contributed by atoms with Crippen LogP contribution in [0.1, 0.15) is 56.2 Å². The Morgan fingerprint density at radius 3 is 2.56 bits per heavy atom. The summed E-state index contributed by atoms with van der Waals surface area (Å²) in [7, 11) is 3.53. The van der Waals surface area contributed by atoms with Crippen molar-refractivity contribution in [3.05, 3.63) is 70.3 Å². The Hall–Kier alpha value is -6.81. The minimum absolute atomic E-state index is 0.119. The van der Waals surface area contributed by atoms with Gasteiger partial charge in [0.1, 0.15) is 23.3 Å². The molecule has 5 aliphatic rings. The number of amides is 2. The smallest absolute Gasteiger partial charge is 0.301 e. The van der Waals surface area contributed by atoms with Gasteiger partial charge in [0, 0.05) is 88.9 Å². The van der Waals surface area contributed by atoms with Crippen molar-refractivity contribution in [2.45, 2.75) is 56.9 Å². The number of benzene rings is 2. The zero-order valence-corrected chi connectivity index (χ0v) is 37.1. The number of piperazine rings is 1. The molecule has 342 valence electrons. The van der Waals surface area contributed by atoms with Crippen molar-refractivity contribution in [1.29, 1.82) is 5.26 Å². The van der Waals surface area contributed by atoms with Gasteiger partial charge in [0.05, 0.1) is 46.3 Å². The van der Waals surface area contributed by atoms with E-state index in [0.29, 0.717) is 77.0 Å². The van der Waals surface area contributed by atoms with E-state index >= 15 is 8.78 Å². The monoisotopic (exact) mass is 899 g/mol. The molecule has 3 saturated heterocycles. The summed E-state index contributed by atoms with van der Waals surface area (Å²) in [5, 5.41) is 29.9. The maximum absolute atomic E-state index is 15.3. The van der Waals surface area contributed by atoms with E-state index in [-0.39, 0.29) is 29.2 Å². The number of fused-ring (bicyclic) bond motifs is 5. The number of para-hydroxylation sites is 1. The maximum atomic E-state index is 15.3. The number of hydrogen-bond donors (Lipinski definition) is 3. The summed E-state index contributed by atoms with van der Waals surface area (Å²) >= 11 is 0. The number of anilines is 5. The molecule has 8 heterocycles. The summed E-state index contributed by atoms with van der Waals surface area (Å²) in [5.74, 6) is -2.34. The lowest BCUT2D eigenvalue weighted by molar-refractivity contribution is -0.134. The number of hydrogen-bond acceptors (Lipinski definition) is 13. The molecule has 0 bridgehead atoms. The second kappa shape index (κ2) is 16.0. The van der Waals surface area contributed by atoms with Crippen LogP contribution in [0.25, 0.3) is 27.5 Å². The van der Waals surface area contributed by atoms with Gasteiger partial charge in [-0.05, 0) is 67.7 Å². The lowest BCUT2D eigenvalue weighted by Gasteiger charge is -2.42. The first-order valence-electron chi connectivity index (χ1n) is 22.9. The molecular formula is C47H51F2N13O4. The van der Waals surface area contributed by atoms with Gasteiger partial charge in [-0.15, -0.1) is 0 Å². The van der Waals surface area contributed by atoms with Crippen molar-refractivity contribution in [3.63, 3.8) is 0 Å².